The number of amides is 1. The van der Waals surface area contributed by atoms with Gasteiger partial charge in [-0.3, -0.25) is 4.79 Å². The lowest BCUT2D eigenvalue weighted by Crippen LogP contribution is -2.55. The molecular formula is C33H38Cl2N2O2. The summed E-state index contributed by atoms with van der Waals surface area (Å²) in [5.74, 6) is 1.24. The van der Waals surface area contributed by atoms with Gasteiger partial charge < -0.3 is 15.4 Å². The van der Waals surface area contributed by atoms with Crippen molar-refractivity contribution in [1.82, 2.24) is 10.6 Å². The van der Waals surface area contributed by atoms with Crippen molar-refractivity contribution in [2.75, 3.05) is 7.11 Å². The van der Waals surface area contributed by atoms with Gasteiger partial charge in [0.1, 0.15) is 5.75 Å². The number of hydrogen-bond donors (Lipinski definition) is 2. The molecule has 2 N–H and O–H groups in total. The molecule has 5 atom stereocenters. The fourth-order valence-corrected chi connectivity index (χ4v) is 6.09. The van der Waals surface area contributed by atoms with Crippen LogP contribution in [0.5, 0.6) is 5.75 Å². The molecule has 0 aromatic heterocycles. The van der Waals surface area contributed by atoms with E-state index in [1.807, 2.05) is 55.5 Å². The third-order valence-electron chi connectivity index (χ3n) is 8.03. The average molecular weight is 566 g/mol. The molecular weight excluding hydrogens is 527 g/mol. The predicted octanol–water partition coefficient (Wildman–Crippen LogP) is 8.11. The number of ether oxygens (including phenoxy) is 1. The van der Waals surface area contributed by atoms with Crippen molar-refractivity contribution in [2.24, 2.45) is 11.3 Å². The van der Waals surface area contributed by atoms with Crippen LogP contribution in [0.1, 0.15) is 61.8 Å². The molecule has 3 aromatic carbocycles. The minimum Gasteiger partial charge on any atom is -0.497 e. The van der Waals surface area contributed by atoms with Gasteiger partial charge in [0.05, 0.1) is 12.5 Å². The number of nitrogens with one attached hydrogen (secondary N) is 2. The molecule has 4 nitrogen and oxygen atoms in total. The summed E-state index contributed by atoms with van der Waals surface area (Å²) in [6.07, 6.45) is 4.05. The molecule has 0 spiro atoms. The molecule has 1 unspecified atom stereocenters. The molecule has 1 amide bonds. The van der Waals surface area contributed by atoms with Crippen LogP contribution in [-0.2, 0) is 11.3 Å². The molecule has 206 valence electrons. The van der Waals surface area contributed by atoms with Gasteiger partial charge >= 0.3 is 0 Å². The first-order valence-electron chi connectivity index (χ1n) is 13.5. The van der Waals surface area contributed by atoms with Gasteiger partial charge in [0.15, 0.2) is 0 Å². The highest BCUT2D eigenvalue weighted by Crippen LogP contribution is 2.44. The van der Waals surface area contributed by atoms with Gasteiger partial charge in [0.25, 0.3) is 0 Å². The molecule has 0 bridgehead atoms. The lowest BCUT2D eigenvalue weighted by atomic mass is 9.67. The second kappa shape index (κ2) is 13.0. The number of methoxy groups -OCH3 is 1. The van der Waals surface area contributed by atoms with Crippen molar-refractivity contribution in [2.45, 2.75) is 57.7 Å². The van der Waals surface area contributed by atoms with Crippen LogP contribution in [0.25, 0.3) is 0 Å². The molecule has 4 rings (SSSR count). The lowest BCUT2D eigenvalue weighted by Gasteiger charge is -2.45. The Balaban J connectivity index is 1.59. The fraction of sp³-hybridized carbons (Fsp3) is 0.364. The number of rotatable bonds is 11. The van der Waals surface area contributed by atoms with E-state index >= 15 is 0 Å². The number of hydrogen-bond acceptors (Lipinski definition) is 3. The van der Waals surface area contributed by atoms with Crippen molar-refractivity contribution >= 4 is 29.1 Å². The van der Waals surface area contributed by atoms with Crippen LogP contribution in [0.15, 0.2) is 85.5 Å². The number of carbonyl (C=O) groups is 1. The molecule has 0 radical (unpaired) electrons. The summed E-state index contributed by atoms with van der Waals surface area (Å²) in [6, 6.07) is 24.2. The van der Waals surface area contributed by atoms with Gasteiger partial charge in [0, 0.05) is 34.6 Å². The zero-order valence-corrected chi connectivity index (χ0v) is 24.4. The highest BCUT2D eigenvalue weighted by molar-refractivity contribution is 6.30. The molecule has 0 aliphatic carbocycles. The molecule has 1 aliphatic heterocycles. The molecule has 0 saturated carbocycles. The Labute approximate surface area is 242 Å². The molecule has 1 fully saturated rings. The van der Waals surface area contributed by atoms with Gasteiger partial charge in [-0.1, -0.05) is 79.5 Å². The normalized spacial score (nSPS) is 22.5. The summed E-state index contributed by atoms with van der Waals surface area (Å²) in [5.41, 5.74) is 2.99. The Morgan fingerprint density at radius 3 is 2.46 bits per heavy atom. The van der Waals surface area contributed by atoms with Crippen LogP contribution in [0.4, 0.5) is 0 Å². The molecule has 1 heterocycles. The fourth-order valence-electron chi connectivity index (χ4n) is 5.76. The minimum atomic E-state index is -0.507. The van der Waals surface area contributed by atoms with Gasteiger partial charge in [-0.2, -0.15) is 0 Å². The summed E-state index contributed by atoms with van der Waals surface area (Å²) >= 11 is 12.6. The van der Waals surface area contributed by atoms with E-state index in [0.29, 0.717) is 23.0 Å². The van der Waals surface area contributed by atoms with Gasteiger partial charge in [-0.25, -0.2) is 0 Å². The van der Waals surface area contributed by atoms with Crippen molar-refractivity contribution in [1.29, 1.82) is 0 Å². The lowest BCUT2D eigenvalue weighted by molar-refractivity contribution is -0.135. The maximum Gasteiger partial charge on any atom is 0.226 e. The first-order valence-corrected chi connectivity index (χ1v) is 14.3. The second-order valence-corrected chi connectivity index (χ2v) is 11.8. The van der Waals surface area contributed by atoms with E-state index in [1.165, 1.54) is 5.56 Å². The SMILES string of the molecule is C=CC[C@]1(C)C[C@H](c2cccc(Cl)c2)[C@H](C(C)C[C@H](NCc2ccc(OC)cc2)c2ccc(Cl)cc2)NC1=O. The Morgan fingerprint density at radius 2 is 1.82 bits per heavy atom. The zero-order chi connectivity index (χ0) is 28.0. The van der Waals surface area contributed by atoms with E-state index in [1.54, 1.807) is 7.11 Å². The second-order valence-electron chi connectivity index (χ2n) is 11.0. The number of allylic oxidation sites excluding steroid dienone is 1. The quantitative estimate of drug-likeness (QED) is 0.231. The highest BCUT2D eigenvalue weighted by atomic mass is 35.5. The van der Waals surface area contributed by atoms with E-state index in [9.17, 15) is 4.79 Å². The summed E-state index contributed by atoms with van der Waals surface area (Å²) in [7, 11) is 1.67. The third-order valence-corrected chi connectivity index (χ3v) is 8.51. The Hall–Kier alpha value is -2.79. The topological polar surface area (TPSA) is 50.4 Å². The molecule has 1 saturated heterocycles. The van der Waals surface area contributed by atoms with Crippen LogP contribution < -0.4 is 15.4 Å². The molecule has 39 heavy (non-hydrogen) atoms. The minimum absolute atomic E-state index is 0.0357. The summed E-state index contributed by atoms with van der Waals surface area (Å²) < 4.78 is 5.31. The third kappa shape index (κ3) is 7.25. The maximum absolute atomic E-state index is 13.4. The van der Waals surface area contributed by atoms with Gasteiger partial charge in [-0.05, 0) is 78.3 Å². The average Bonchev–Trinajstić information content (AvgIpc) is 2.93. The number of piperidine rings is 1. The Bertz CT molecular complexity index is 1260. The van der Waals surface area contributed by atoms with Crippen LogP contribution >= 0.6 is 23.2 Å². The van der Waals surface area contributed by atoms with E-state index < -0.39 is 5.41 Å². The summed E-state index contributed by atoms with van der Waals surface area (Å²) in [4.78, 5) is 13.4. The molecule has 6 heteroatoms. The van der Waals surface area contributed by atoms with E-state index in [-0.39, 0.29) is 29.8 Å². The van der Waals surface area contributed by atoms with Crippen LogP contribution in [-0.4, -0.2) is 19.1 Å². The van der Waals surface area contributed by atoms with Crippen molar-refractivity contribution in [3.8, 4) is 5.75 Å². The first kappa shape index (κ1) is 29.2. The van der Waals surface area contributed by atoms with Crippen LogP contribution in [0, 0.1) is 11.3 Å². The number of carbonyl (C=O) groups excluding carboxylic acids is 1. The van der Waals surface area contributed by atoms with Crippen LogP contribution in [0.3, 0.4) is 0 Å². The van der Waals surface area contributed by atoms with E-state index in [0.717, 1.165) is 29.7 Å². The smallest absolute Gasteiger partial charge is 0.226 e. The Kier molecular flexibility index (Phi) is 9.76. The highest BCUT2D eigenvalue weighted by Gasteiger charge is 2.45. The first-order chi connectivity index (χ1) is 18.7. The Morgan fingerprint density at radius 1 is 1.10 bits per heavy atom. The zero-order valence-electron chi connectivity index (χ0n) is 22.9. The van der Waals surface area contributed by atoms with E-state index in [4.69, 9.17) is 27.9 Å². The summed E-state index contributed by atoms with van der Waals surface area (Å²) in [5, 5.41) is 8.60. The number of halogens is 2. The van der Waals surface area contributed by atoms with Crippen molar-refractivity contribution < 1.29 is 9.53 Å². The van der Waals surface area contributed by atoms with E-state index in [2.05, 4.69) is 54.5 Å². The largest absolute Gasteiger partial charge is 0.497 e. The maximum atomic E-state index is 13.4. The van der Waals surface area contributed by atoms with Gasteiger partial charge in [0.2, 0.25) is 5.91 Å². The number of benzene rings is 3. The molecule has 1 aliphatic rings. The monoisotopic (exact) mass is 564 g/mol. The van der Waals surface area contributed by atoms with Crippen molar-refractivity contribution in [3.05, 3.63) is 112 Å². The summed E-state index contributed by atoms with van der Waals surface area (Å²) in [6.45, 7) is 8.88. The predicted molar refractivity (Wildman–Crippen MR) is 161 cm³/mol. The van der Waals surface area contributed by atoms with Crippen molar-refractivity contribution in [3.63, 3.8) is 0 Å². The molecule has 3 aromatic rings. The standard InChI is InChI=1S/C33H38Cl2N2O2/c1-5-17-33(3)20-29(25-7-6-8-27(35)19-25)31(37-32(33)38)22(2)18-30(24-11-13-26(34)14-12-24)36-21-23-9-15-28(39-4)16-10-23/h5-16,19,22,29-31,36H,1,17-18,20-21H2,2-4H3,(H,37,38)/t22?,29-,30+,31+,33-/m1/s1. The van der Waals surface area contributed by atoms with Gasteiger partial charge in [-0.15, -0.1) is 6.58 Å². The van der Waals surface area contributed by atoms with Crippen LogP contribution in [0.2, 0.25) is 10.0 Å².